The Morgan fingerprint density at radius 3 is 2.92 bits per heavy atom. The molecule has 5 nitrogen and oxygen atoms in total. The van der Waals surface area contributed by atoms with Crippen molar-refractivity contribution >= 4 is 16.8 Å². The second-order valence-corrected chi connectivity index (χ2v) is 7.39. The van der Waals surface area contributed by atoms with Crippen LogP contribution in [0.15, 0.2) is 18.2 Å². The van der Waals surface area contributed by atoms with Gasteiger partial charge < -0.3 is 20.1 Å². The van der Waals surface area contributed by atoms with Crippen LogP contribution in [0.1, 0.15) is 47.8 Å². The Morgan fingerprint density at radius 2 is 2.12 bits per heavy atom. The predicted molar refractivity (Wildman–Crippen MR) is 92.1 cm³/mol. The van der Waals surface area contributed by atoms with Crippen LogP contribution >= 0.6 is 0 Å². The van der Waals surface area contributed by atoms with Gasteiger partial charge in [0.2, 0.25) is 0 Å². The van der Waals surface area contributed by atoms with E-state index in [0.717, 1.165) is 23.7 Å². The van der Waals surface area contributed by atoms with Gasteiger partial charge in [0.05, 0.1) is 22.8 Å². The van der Waals surface area contributed by atoms with E-state index in [1.165, 1.54) is 24.1 Å². The monoisotopic (exact) mass is 328 g/mol. The summed E-state index contributed by atoms with van der Waals surface area (Å²) in [5.74, 6) is -0.0752. The number of rotatable bonds is 1. The van der Waals surface area contributed by atoms with E-state index in [1.54, 1.807) is 11.8 Å². The fourth-order valence-corrected chi connectivity index (χ4v) is 3.99. The third kappa shape index (κ3) is 2.43. The number of likely N-dealkylation sites (tertiary alicyclic amines) is 1. The molecule has 1 saturated heterocycles. The minimum Gasteiger partial charge on any atom is -0.388 e. The minimum absolute atomic E-state index is 0.0752. The second-order valence-electron chi connectivity index (χ2n) is 7.39. The molecule has 3 N–H and O–H groups in total. The van der Waals surface area contributed by atoms with E-state index in [0.29, 0.717) is 18.5 Å². The lowest BCUT2D eigenvalue weighted by molar-refractivity contribution is -0.0999. The molecule has 5 heteroatoms. The molecule has 0 unspecified atom stereocenters. The van der Waals surface area contributed by atoms with Crippen LogP contribution in [0, 0.1) is 0 Å². The Labute approximate surface area is 141 Å². The van der Waals surface area contributed by atoms with Gasteiger partial charge >= 0.3 is 0 Å². The van der Waals surface area contributed by atoms with Gasteiger partial charge in [-0.3, -0.25) is 4.79 Å². The van der Waals surface area contributed by atoms with Crippen molar-refractivity contribution in [1.82, 2.24) is 9.88 Å². The first-order valence-corrected chi connectivity index (χ1v) is 8.79. The SMILES string of the molecule is C[C@@]1(O)CCN(C(=O)c2cccc3c4c([nH]c23)CCCC4)C[C@H]1O. The maximum atomic E-state index is 13.0. The van der Waals surface area contributed by atoms with E-state index in [1.807, 2.05) is 12.1 Å². The number of para-hydroxylation sites is 1. The van der Waals surface area contributed by atoms with Crippen molar-refractivity contribution in [3.63, 3.8) is 0 Å². The summed E-state index contributed by atoms with van der Waals surface area (Å²) in [6.45, 7) is 2.25. The average Bonchev–Trinajstić information content (AvgIpc) is 2.95. The summed E-state index contributed by atoms with van der Waals surface area (Å²) in [4.78, 5) is 18.1. The zero-order valence-electron chi connectivity index (χ0n) is 14.0. The number of piperidine rings is 1. The molecule has 1 fully saturated rings. The number of benzene rings is 1. The molecule has 1 aromatic carbocycles. The number of aromatic amines is 1. The normalized spacial score (nSPS) is 27.3. The summed E-state index contributed by atoms with van der Waals surface area (Å²) in [6.07, 6.45) is 3.98. The second kappa shape index (κ2) is 5.60. The van der Waals surface area contributed by atoms with Crippen LogP contribution in [-0.2, 0) is 12.8 Å². The van der Waals surface area contributed by atoms with Crippen LogP contribution < -0.4 is 0 Å². The van der Waals surface area contributed by atoms with Crippen molar-refractivity contribution < 1.29 is 15.0 Å². The molecular weight excluding hydrogens is 304 g/mol. The van der Waals surface area contributed by atoms with Crippen LogP contribution in [-0.4, -0.2) is 50.8 Å². The summed E-state index contributed by atoms with van der Waals surface area (Å²) >= 11 is 0. The first-order chi connectivity index (χ1) is 11.5. The van der Waals surface area contributed by atoms with Crippen LogP contribution in [0.2, 0.25) is 0 Å². The number of aryl methyl sites for hydroxylation is 2. The predicted octanol–water partition coefficient (Wildman–Crippen LogP) is 2.00. The third-order valence-corrected chi connectivity index (χ3v) is 5.65. The highest BCUT2D eigenvalue weighted by Gasteiger charge is 2.38. The van der Waals surface area contributed by atoms with Gasteiger partial charge in [-0.2, -0.15) is 0 Å². The number of aliphatic hydroxyl groups is 2. The van der Waals surface area contributed by atoms with Gasteiger partial charge in [-0.1, -0.05) is 12.1 Å². The van der Waals surface area contributed by atoms with Gasteiger partial charge in [-0.25, -0.2) is 0 Å². The van der Waals surface area contributed by atoms with E-state index in [-0.39, 0.29) is 12.5 Å². The van der Waals surface area contributed by atoms with Gasteiger partial charge in [-0.05, 0) is 50.7 Å². The molecule has 0 radical (unpaired) electrons. The van der Waals surface area contributed by atoms with E-state index in [4.69, 9.17) is 0 Å². The molecule has 128 valence electrons. The summed E-state index contributed by atoms with van der Waals surface area (Å²) in [5.41, 5.74) is 3.08. The highest BCUT2D eigenvalue weighted by molar-refractivity contribution is 6.06. The first-order valence-electron chi connectivity index (χ1n) is 8.79. The standard InChI is InChI=1S/C19H24N2O3/c1-19(24)9-10-21(11-16(19)22)18(23)14-7-4-6-13-12-5-2-3-8-15(12)20-17(13)14/h4,6-7,16,20,22,24H,2-3,5,8-11H2,1H3/t16-,19-/m1/s1. The maximum absolute atomic E-state index is 13.0. The maximum Gasteiger partial charge on any atom is 0.256 e. The number of nitrogens with zero attached hydrogens (tertiary/aromatic N) is 1. The number of H-pyrrole nitrogens is 1. The molecule has 0 bridgehead atoms. The van der Waals surface area contributed by atoms with Crippen molar-refractivity contribution in [2.45, 2.75) is 50.7 Å². The lowest BCUT2D eigenvalue weighted by atomic mass is 9.90. The molecule has 1 aliphatic heterocycles. The molecule has 1 aliphatic carbocycles. The highest BCUT2D eigenvalue weighted by Crippen LogP contribution is 2.32. The van der Waals surface area contributed by atoms with Crippen molar-refractivity contribution in [2.24, 2.45) is 0 Å². The lowest BCUT2D eigenvalue weighted by Crippen LogP contribution is -2.55. The molecule has 2 atom stereocenters. The molecule has 1 amide bonds. The topological polar surface area (TPSA) is 76.6 Å². The third-order valence-electron chi connectivity index (χ3n) is 5.65. The molecule has 1 aromatic heterocycles. The summed E-state index contributed by atoms with van der Waals surface area (Å²) in [6, 6.07) is 5.88. The Kier molecular flexibility index (Phi) is 3.66. The largest absolute Gasteiger partial charge is 0.388 e. The summed E-state index contributed by atoms with van der Waals surface area (Å²) < 4.78 is 0. The van der Waals surface area contributed by atoms with Gasteiger partial charge in [0.15, 0.2) is 0 Å². The van der Waals surface area contributed by atoms with Crippen molar-refractivity contribution in [3.8, 4) is 0 Å². The van der Waals surface area contributed by atoms with E-state index >= 15 is 0 Å². The number of aromatic nitrogens is 1. The van der Waals surface area contributed by atoms with Crippen LogP contribution in [0.25, 0.3) is 10.9 Å². The van der Waals surface area contributed by atoms with Gasteiger partial charge in [0, 0.05) is 24.2 Å². The number of aliphatic hydroxyl groups excluding tert-OH is 1. The number of carbonyl (C=O) groups is 1. The number of carbonyl (C=O) groups excluding carboxylic acids is 1. The highest BCUT2D eigenvalue weighted by atomic mass is 16.3. The molecule has 2 heterocycles. The van der Waals surface area contributed by atoms with Crippen molar-refractivity contribution in [2.75, 3.05) is 13.1 Å². The van der Waals surface area contributed by atoms with Gasteiger partial charge in [-0.15, -0.1) is 0 Å². The number of hydrogen-bond acceptors (Lipinski definition) is 3. The van der Waals surface area contributed by atoms with Crippen LogP contribution in [0.5, 0.6) is 0 Å². The molecular formula is C19H24N2O3. The van der Waals surface area contributed by atoms with Crippen LogP contribution in [0.4, 0.5) is 0 Å². The average molecular weight is 328 g/mol. The number of hydrogen-bond donors (Lipinski definition) is 3. The van der Waals surface area contributed by atoms with E-state index in [9.17, 15) is 15.0 Å². The number of nitrogens with one attached hydrogen (secondary N) is 1. The molecule has 2 aromatic rings. The zero-order valence-corrected chi connectivity index (χ0v) is 14.0. The summed E-state index contributed by atoms with van der Waals surface area (Å²) in [5, 5.41) is 21.4. The number of β-amino-alcohol motifs (C(OH)–C–C–N with tert-alkyl or cyclic N) is 1. The van der Waals surface area contributed by atoms with E-state index < -0.39 is 11.7 Å². The lowest BCUT2D eigenvalue weighted by Gasteiger charge is -2.39. The molecule has 2 aliphatic rings. The molecule has 4 rings (SSSR count). The zero-order chi connectivity index (χ0) is 16.9. The van der Waals surface area contributed by atoms with E-state index in [2.05, 4.69) is 11.1 Å². The smallest absolute Gasteiger partial charge is 0.256 e. The number of fused-ring (bicyclic) bond motifs is 3. The van der Waals surface area contributed by atoms with Gasteiger partial charge in [0.25, 0.3) is 5.91 Å². The minimum atomic E-state index is -1.12. The molecule has 0 saturated carbocycles. The van der Waals surface area contributed by atoms with Crippen LogP contribution in [0.3, 0.4) is 0 Å². The van der Waals surface area contributed by atoms with Crippen molar-refractivity contribution in [1.29, 1.82) is 0 Å². The Hall–Kier alpha value is -1.85. The molecule has 24 heavy (non-hydrogen) atoms. The van der Waals surface area contributed by atoms with Gasteiger partial charge in [0.1, 0.15) is 0 Å². The Morgan fingerprint density at radius 1 is 1.33 bits per heavy atom. The quantitative estimate of drug-likeness (QED) is 0.749. The van der Waals surface area contributed by atoms with Crippen molar-refractivity contribution in [3.05, 3.63) is 35.0 Å². The fourth-order valence-electron chi connectivity index (χ4n) is 3.99. The first kappa shape index (κ1) is 15.7. The molecule has 0 spiro atoms. The fraction of sp³-hybridized carbons (Fsp3) is 0.526. The summed E-state index contributed by atoms with van der Waals surface area (Å²) in [7, 11) is 0. The Bertz CT molecular complexity index is 793. The Balaban J connectivity index is 1.69. The number of amides is 1.